The maximum absolute atomic E-state index is 14.1. The van der Waals surface area contributed by atoms with E-state index in [0.717, 1.165) is 5.56 Å². The zero-order chi connectivity index (χ0) is 25.0. The predicted octanol–water partition coefficient (Wildman–Crippen LogP) is 4.15. The standard InChI is InChI=1S/C25H27FN4O4S/c1-3-24(31)27-25-18(2)28-34-23(25)13-10-19-8-11-20(12-9-19)35(32,33)30-16-14-29(15-17-30)22-7-5-4-6-21(22)26/h4-13H,3,14-17H2,1-2H3,(H,27,31). The second kappa shape index (κ2) is 10.4. The molecule has 35 heavy (non-hydrogen) atoms. The summed E-state index contributed by atoms with van der Waals surface area (Å²) >= 11 is 0. The Morgan fingerprint density at radius 1 is 1.09 bits per heavy atom. The van der Waals surface area contributed by atoms with E-state index in [9.17, 15) is 17.6 Å². The monoisotopic (exact) mass is 498 g/mol. The number of anilines is 2. The largest absolute Gasteiger partial charge is 0.367 e. The van der Waals surface area contributed by atoms with Crippen LogP contribution >= 0.6 is 0 Å². The number of carbonyl (C=O) groups excluding carboxylic acids is 1. The zero-order valence-electron chi connectivity index (χ0n) is 19.6. The van der Waals surface area contributed by atoms with Crippen molar-refractivity contribution in [3.05, 3.63) is 71.4 Å². The van der Waals surface area contributed by atoms with Crippen LogP contribution in [0.5, 0.6) is 0 Å². The van der Waals surface area contributed by atoms with Crippen molar-refractivity contribution in [2.75, 3.05) is 36.4 Å². The molecular weight excluding hydrogens is 471 g/mol. The lowest BCUT2D eigenvalue weighted by molar-refractivity contribution is -0.115. The van der Waals surface area contributed by atoms with Gasteiger partial charge in [0.05, 0.1) is 10.6 Å². The zero-order valence-corrected chi connectivity index (χ0v) is 20.4. The minimum atomic E-state index is -3.67. The molecular formula is C25H27FN4O4S. The Morgan fingerprint density at radius 2 is 1.77 bits per heavy atom. The molecule has 184 valence electrons. The summed E-state index contributed by atoms with van der Waals surface area (Å²) < 4.78 is 47.0. The third kappa shape index (κ3) is 5.44. The molecule has 1 aliphatic rings. The number of rotatable bonds is 7. The maximum atomic E-state index is 14.1. The Morgan fingerprint density at radius 3 is 2.43 bits per heavy atom. The van der Waals surface area contributed by atoms with E-state index in [1.54, 1.807) is 68.5 Å². The van der Waals surface area contributed by atoms with Crippen molar-refractivity contribution in [2.45, 2.75) is 25.2 Å². The van der Waals surface area contributed by atoms with Gasteiger partial charge >= 0.3 is 0 Å². The van der Waals surface area contributed by atoms with Gasteiger partial charge < -0.3 is 14.7 Å². The fraction of sp³-hybridized carbons (Fsp3) is 0.280. The minimum absolute atomic E-state index is 0.143. The molecule has 3 aromatic rings. The summed E-state index contributed by atoms with van der Waals surface area (Å²) in [6, 6.07) is 13.0. The van der Waals surface area contributed by atoms with Gasteiger partial charge in [-0.25, -0.2) is 12.8 Å². The number of nitrogens with zero attached hydrogens (tertiary/aromatic N) is 3. The predicted molar refractivity (Wildman–Crippen MR) is 133 cm³/mol. The Kier molecular flexibility index (Phi) is 7.32. The van der Waals surface area contributed by atoms with E-state index in [2.05, 4.69) is 10.5 Å². The molecule has 0 radical (unpaired) electrons. The Balaban J connectivity index is 1.42. The van der Waals surface area contributed by atoms with Gasteiger partial charge in [0.25, 0.3) is 0 Å². The molecule has 1 aliphatic heterocycles. The number of benzene rings is 2. The quantitative estimate of drug-likeness (QED) is 0.526. The summed E-state index contributed by atoms with van der Waals surface area (Å²) in [5.74, 6) is -0.0447. The smallest absolute Gasteiger partial charge is 0.243 e. The van der Waals surface area contributed by atoms with Crippen molar-refractivity contribution >= 4 is 39.5 Å². The van der Waals surface area contributed by atoms with Gasteiger partial charge in [-0.15, -0.1) is 0 Å². The van der Waals surface area contributed by atoms with E-state index in [1.165, 1.54) is 10.4 Å². The Bertz CT molecular complexity index is 1330. The van der Waals surface area contributed by atoms with Crippen molar-refractivity contribution in [1.29, 1.82) is 0 Å². The number of sulfonamides is 1. The Hall–Kier alpha value is -3.50. The molecule has 1 N–H and O–H groups in total. The van der Waals surface area contributed by atoms with Gasteiger partial charge in [0.1, 0.15) is 17.2 Å². The number of para-hydroxylation sites is 1. The van der Waals surface area contributed by atoms with Crippen molar-refractivity contribution in [1.82, 2.24) is 9.46 Å². The summed E-state index contributed by atoms with van der Waals surface area (Å²) in [7, 11) is -3.67. The molecule has 0 saturated carbocycles. The lowest BCUT2D eigenvalue weighted by Crippen LogP contribution is -2.48. The number of hydrogen-bond acceptors (Lipinski definition) is 6. The van der Waals surface area contributed by atoms with Crippen molar-refractivity contribution in [2.24, 2.45) is 0 Å². The van der Waals surface area contributed by atoms with Crippen LogP contribution in [0.4, 0.5) is 15.8 Å². The molecule has 10 heteroatoms. The summed E-state index contributed by atoms with van der Waals surface area (Å²) in [5.41, 5.74) is 2.33. The van der Waals surface area contributed by atoms with Crippen LogP contribution in [0.25, 0.3) is 12.2 Å². The first kappa shape index (κ1) is 24.6. The van der Waals surface area contributed by atoms with Crippen LogP contribution in [0.15, 0.2) is 57.9 Å². The highest BCUT2D eigenvalue weighted by Crippen LogP contribution is 2.25. The fourth-order valence-corrected chi connectivity index (χ4v) is 5.25. The molecule has 0 aliphatic carbocycles. The van der Waals surface area contributed by atoms with Gasteiger partial charge in [0.15, 0.2) is 5.76 Å². The lowest BCUT2D eigenvalue weighted by Gasteiger charge is -2.35. The highest BCUT2D eigenvalue weighted by atomic mass is 32.2. The van der Waals surface area contributed by atoms with E-state index in [4.69, 9.17) is 4.52 Å². The minimum Gasteiger partial charge on any atom is -0.367 e. The third-order valence-electron chi connectivity index (χ3n) is 5.85. The molecule has 1 aromatic heterocycles. The van der Waals surface area contributed by atoms with Crippen LogP contribution < -0.4 is 10.2 Å². The molecule has 1 saturated heterocycles. The van der Waals surface area contributed by atoms with Crippen LogP contribution in [0.3, 0.4) is 0 Å². The maximum Gasteiger partial charge on any atom is 0.243 e. The average molecular weight is 499 g/mol. The van der Waals surface area contributed by atoms with Crippen LogP contribution in [0.2, 0.25) is 0 Å². The molecule has 0 spiro atoms. The van der Waals surface area contributed by atoms with Crippen molar-refractivity contribution in [3.8, 4) is 0 Å². The number of aromatic nitrogens is 1. The van der Waals surface area contributed by atoms with Crippen molar-refractivity contribution < 1.29 is 22.1 Å². The highest BCUT2D eigenvalue weighted by Gasteiger charge is 2.29. The molecule has 1 fully saturated rings. The fourth-order valence-electron chi connectivity index (χ4n) is 3.83. The van der Waals surface area contributed by atoms with Crippen LogP contribution in [-0.4, -0.2) is 50.0 Å². The summed E-state index contributed by atoms with van der Waals surface area (Å²) in [4.78, 5) is 13.8. The van der Waals surface area contributed by atoms with Crippen molar-refractivity contribution in [3.63, 3.8) is 0 Å². The number of piperazine rings is 1. The summed E-state index contributed by atoms with van der Waals surface area (Å²) in [5, 5.41) is 6.66. The first-order chi connectivity index (χ1) is 16.8. The number of amides is 1. The van der Waals surface area contributed by atoms with E-state index < -0.39 is 10.0 Å². The van der Waals surface area contributed by atoms with Crippen LogP contribution in [0.1, 0.15) is 30.4 Å². The average Bonchev–Trinajstić information content (AvgIpc) is 3.22. The number of aryl methyl sites for hydroxylation is 1. The third-order valence-corrected chi connectivity index (χ3v) is 7.76. The topological polar surface area (TPSA) is 95.8 Å². The number of hydrogen-bond donors (Lipinski definition) is 1. The molecule has 0 bridgehead atoms. The number of halogens is 1. The van der Waals surface area contributed by atoms with E-state index >= 15 is 0 Å². The Labute approximate surface area is 204 Å². The van der Waals surface area contributed by atoms with Gasteiger partial charge in [-0.05, 0) is 42.8 Å². The van der Waals surface area contributed by atoms with Gasteiger partial charge in [0, 0.05) is 32.6 Å². The molecule has 4 rings (SSSR count). The van der Waals surface area contributed by atoms with Gasteiger partial charge in [0.2, 0.25) is 15.9 Å². The lowest BCUT2D eigenvalue weighted by atomic mass is 10.2. The summed E-state index contributed by atoms with van der Waals surface area (Å²) in [6.45, 7) is 4.86. The van der Waals surface area contributed by atoms with Crippen LogP contribution in [0, 0.1) is 12.7 Å². The number of carbonyl (C=O) groups is 1. The van der Waals surface area contributed by atoms with Gasteiger partial charge in [-0.3, -0.25) is 4.79 Å². The SMILES string of the molecule is CCC(=O)Nc1c(C)noc1C=Cc1ccc(S(=O)(=O)N2CCN(c3ccccc3F)CC2)cc1. The van der Waals surface area contributed by atoms with E-state index in [-0.39, 0.29) is 29.7 Å². The van der Waals surface area contributed by atoms with Gasteiger partial charge in [-0.1, -0.05) is 42.4 Å². The molecule has 1 amide bonds. The first-order valence-electron chi connectivity index (χ1n) is 11.3. The highest BCUT2D eigenvalue weighted by molar-refractivity contribution is 7.89. The second-order valence-corrected chi connectivity index (χ2v) is 10.1. The molecule has 2 aromatic carbocycles. The van der Waals surface area contributed by atoms with E-state index in [0.29, 0.717) is 42.3 Å². The molecule has 0 unspecified atom stereocenters. The molecule has 2 heterocycles. The summed E-state index contributed by atoms with van der Waals surface area (Å²) in [6.07, 6.45) is 3.77. The van der Waals surface area contributed by atoms with Gasteiger partial charge in [-0.2, -0.15) is 4.31 Å². The van der Waals surface area contributed by atoms with Crippen LogP contribution in [-0.2, 0) is 14.8 Å². The number of nitrogens with one attached hydrogen (secondary N) is 1. The normalized spacial score (nSPS) is 15.0. The molecule has 8 nitrogen and oxygen atoms in total. The molecule has 0 atom stereocenters. The second-order valence-electron chi connectivity index (χ2n) is 8.15. The van der Waals surface area contributed by atoms with E-state index in [1.807, 2.05) is 4.90 Å². The first-order valence-corrected chi connectivity index (χ1v) is 12.8.